The van der Waals surface area contributed by atoms with E-state index in [0.717, 1.165) is 12.8 Å². The van der Waals surface area contributed by atoms with Gasteiger partial charge in [-0.1, -0.05) is 13.8 Å². The molecule has 1 N–H and O–H groups in total. The minimum atomic E-state index is -0.907. The second-order valence-corrected chi connectivity index (χ2v) is 7.22. The normalized spacial score (nSPS) is 45.0. The summed E-state index contributed by atoms with van der Waals surface area (Å²) < 4.78 is 11.3. The molecule has 5 atom stereocenters. The third-order valence-corrected chi connectivity index (χ3v) is 5.02. The van der Waals surface area contributed by atoms with Crippen LogP contribution < -0.4 is 0 Å². The second kappa shape index (κ2) is 5.39. The van der Waals surface area contributed by atoms with Crippen molar-refractivity contribution in [3.05, 3.63) is 0 Å². The summed E-state index contributed by atoms with van der Waals surface area (Å²) in [5.74, 6) is 0.442. The van der Waals surface area contributed by atoms with E-state index in [2.05, 4.69) is 13.8 Å². The third kappa shape index (κ3) is 2.78. The number of aliphatic hydroxyl groups is 1. The predicted octanol–water partition coefficient (Wildman–Crippen LogP) is 2.33. The number of rotatable bonds is 5. The van der Waals surface area contributed by atoms with Gasteiger partial charge in [0.1, 0.15) is 11.7 Å². The highest BCUT2D eigenvalue weighted by molar-refractivity contribution is 5.85. The van der Waals surface area contributed by atoms with Crippen LogP contribution in [-0.4, -0.2) is 41.4 Å². The first kappa shape index (κ1) is 15.9. The quantitative estimate of drug-likeness (QED) is 0.787. The Balaban J connectivity index is 2.13. The van der Waals surface area contributed by atoms with Crippen molar-refractivity contribution in [1.29, 1.82) is 0 Å². The Morgan fingerprint density at radius 3 is 2.65 bits per heavy atom. The number of ether oxygens (including phenoxy) is 2. The summed E-state index contributed by atoms with van der Waals surface area (Å²) in [4.78, 5) is 12.1. The van der Waals surface area contributed by atoms with Gasteiger partial charge >= 0.3 is 0 Å². The lowest BCUT2D eigenvalue weighted by atomic mass is 9.67. The average Bonchev–Trinajstić information content (AvgIpc) is 3.01. The highest BCUT2D eigenvalue weighted by Gasteiger charge is 2.66. The molecule has 1 heterocycles. The van der Waals surface area contributed by atoms with Crippen molar-refractivity contribution >= 4 is 5.78 Å². The summed E-state index contributed by atoms with van der Waals surface area (Å²) in [6.07, 6.45) is 2.53. The zero-order valence-corrected chi connectivity index (χ0v) is 13.3. The zero-order chi connectivity index (χ0) is 15.1. The van der Waals surface area contributed by atoms with Crippen LogP contribution in [0.5, 0.6) is 0 Å². The van der Waals surface area contributed by atoms with Crippen molar-refractivity contribution in [3.8, 4) is 0 Å². The Hall–Kier alpha value is -0.450. The molecule has 0 aromatic carbocycles. The van der Waals surface area contributed by atoms with Crippen LogP contribution in [0.25, 0.3) is 0 Å². The van der Waals surface area contributed by atoms with Crippen molar-refractivity contribution in [1.82, 2.24) is 0 Å². The zero-order valence-electron chi connectivity index (χ0n) is 13.3. The topological polar surface area (TPSA) is 59.1 Å². The van der Waals surface area contributed by atoms with E-state index in [0.29, 0.717) is 18.8 Å². The molecule has 4 heteroatoms. The van der Waals surface area contributed by atoms with Gasteiger partial charge in [-0.05, 0) is 39.0 Å². The number of hydrogen-bond donors (Lipinski definition) is 1. The number of carbonyl (C=O) groups excluding carboxylic acids is 1. The van der Waals surface area contributed by atoms with Gasteiger partial charge in [0.25, 0.3) is 0 Å². The van der Waals surface area contributed by atoms with Crippen molar-refractivity contribution in [2.75, 3.05) is 7.11 Å². The maximum atomic E-state index is 12.1. The van der Waals surface area contributed by atoms with E-state index >= 15 is 0 Å². The van der Waals surface area contributed by atoms with E-state index in [1.54, 1.807) is 7.11 Å². The SMILES string of the molecule is CO[C@@H]1C(=O)CC[C@@](C)(O)[C@H]1[C@@]1(C)O[C@@H]1CCC(C)C. The largest absolute Gasteiger partial charge is 0.390 e. The van der Waals surface area contributed by atoms with Crippen molar-refractivity contribution in [3.63, 3.8) is 0 Å². The van der Waals surface area contributed by atoms with Gasteiger partial charge in [0, 0.05) is 13.5 Å². The molecule has 0 aromatic rings. The Morgan fingerprint density at radius 2 is 2.10 bits per heavy atom. The number of hydrogen-bond acceptors (Lipinski definition) is 4. The van der Waals surface area contributed by atoms with Crippen LogP contribution in [0.1, 0.15) is 53.4 Å². The van der Waals surface area contributed by atoms with E-state index in [4.69, 9.17) is 9.47 Å². The fraction of sp³-hybridized carbons (Fsp3) is 0.938. The Labute approximate surface area is 121 Å². The number of epoxide rings is 1. The molecule has 116 valence electrons. The highest BCUT2D eigenvalue weighted by atomic mass is 16.6. The number of Topliss-reactive ketones (excluding diaryl/α,β-unsaturated/α-hetero) is 1. The Bertz CT molecular complexity index is 377. The van der Waals surface area contributed by atoms with Gasteiger partial charge in [0.2, 0.25) is 0 Å². The maximum Gasteiger partial charge on any atom is 0.162 e. The first-order valence-corrected chi connectivity index (χ1v) is 7.68. The van der Waals surface area contributed by atoms with Gasteiger partial charge in [-0.2, -0.15) is 0 Å². The number of methoxy groups -OCH3 is 1. The molecule has 1 saturated carbocycles. The summed E-state index contributed by atoms with van der Waals surface area (Å²) in [5.41, 5.74) is -1.34. The summed E-state index contributed by atoms with van der Waals surface area (Å²) in [6.45, 7) is 8.21. The maximum absolute atomic E-state index is 12.1. The van der Waals surface area contributed by atoms with Gasteiger partial charge in [-0.3, -0.25) is 4.79 Å². The van der Waals surface area contributed by atoms with E-state index in [-0.39, 0.29) is 17.8 Å². The van der Waals surface area contributed by atoms with Gasteiger partial charge in [-0.25, -0.2) is 0 Å². The Kier molecular flexibility index (Phi) is 4.30. The van der Waals surface area contributed by atoms with Gasteiger partial charge in [0.05, 0.1) is 17.6 Å². The lowest BCUT2D eigenvalue weighted by molar-refractivity contribution is -0.160. The Morgan fingerprint density at radius 1 is 1.45 bits per heavy atom. The molecule has 0 aromatic heterocycles. The predicted molar refractivity (Wildman–Crippen MR) is 76.5 cm³/mol. The number of carbonyl (C=O) groups is 1. The van der Waals surface area contributed by atoms with Crippen molar-refractivity contribution in [2.24, 2.45) is 11.8 Å². The highest BCUT2D eigenvalue weighted by Crippen LogP contribution is 2.53. The molecular weight excluding hydrogens is 256 g/mol. The summed E-state index contributed by atoms with van der Waals surface area (Å²) >= 11 is 0. The summed E-state index contributed by atoms with van der Waals surface area (Å²) in [5, 5.41) is 10.7. The van der Waals surface area contributed by atoms with Crippen LogP contribution in [0.3, 0.4) is 0 Å². The fourth-order valence-electron chi connectivity index (χ4n) is 3.75. The van der Waals surface area contributed by atoms with Crippen LogP contribution in [0.15, 0.2) is 0 Å². The molecule has 0 bridgehead atoms. The third-order valence-electron chi connectivity index (χ3n) is 5.02. The molecule has 0 spiro atoms. The summed E-state index contributed by atoms with van der Waals surface area (Å²) in [7, 11) is 1.55. The first-order valence-electron chi connectivity index (χ1n) is 7.68. The summed E-state index contributed by atoms with van der Waals surface area (Å²) in [6, 6.07) is 0. The van der Waals surface area contributed by atoms with E-state index in [1.165, 1.54) is 0 Å². The van der Waals surface area contributed by atoms with Crippen LogP contribution >= 0.6 is 0 Å². The van der Waals surface area contributed by atoms with Gasteiger partial charge in [0.15, 0.2) is 5.78 Å². The molecule has 0 unspecified atom stereocenters. The van der Waals surface area contributed by atoms with E-state index in [9.17, 15) is 9.90 Å². The van der Waals surface area contributed by atoms with Gasteiger partial charge in [-0.15, -0.1) is 0 Å². The average molecular weight is 284 g/mol. The van der Waals surface area contributed by atoms with Crippen molar-refractivity contribution in [2.45, 2.75) is 76.8 Å². The minimum absolute atomic E-state index is 0.0864. The molecule has 1 saturated heterocycles. The van der Waals surface area contributed by atoms with Crippen LogP contribution in [0.2, 0.25) is 0 Å². The molecule has 1 aliphatic carbocycles. The van der Waals surface area contributed by atoms with Gasteiger partial charge < -0.3 is 14.6 Å². The molecule has 2 rings (SSSR count). The monoisotopic (exact) mass is 284 g/mol. The van der Waals surface area contributed by atoms with E-state index < -0.39 is 17.3 Å². The number of ketones is 1. The lowest BCUT2D eigenvalue weighted by Crippen LogP contribution is -2.57. The van der Waals surface area contributed by atoms with E-state index in [1.807, 2.05) is 13.8 Å². The molecule has 0 radical (unpaired) electrons. The molecule has 20 heavy (non-hydrogen) atoms. The molecule has 4 nitrogen and oxygen atoms in total. The fourth-order valence-corrected chi connectivity index (χ4v) is 3.75. The molecular formula is C16H28O4. The van der Waals surface area contributed by atoms with Crippen LogP contribution in [0, 0.1) is 11.8 Å². The standard InChI is InChI=1S/C16H28O4/c1-10(2)6-7-12-16(4,20-12)14-13(19-5)11(17)8-9-15(14,3)18/h10,12-14,18H,6-9H2,1-5H3/t12-,13-,14+,15-,16+/m1/s1. The first-order chi connectivity index (χ1) is 9.22. The molecule has 1 aliphatic heterocycles. The second-order valence-electron chi connectivity index (χ2n) is 7.22. The van der Waals surface area contributed by atoms with Crippen LogP contribution in [0.4, 0.5) is 0 Å². The lowest BCUT2D eigenvalue weighted by Gasteiger charge is -2.43. The minimum Gasteiger partial charge on any atom is -0.390 e. The van der Waals surface area contributed by atoms with Crippen molar-refractivity contribution < 1.29 is 19.4 Å². The molecule has 0 amide bonds. The smallest absolute Gasteiger partial charge is 0.162 e. The molecule has 2 fully saturated rings. The van der Waals surface area contributed by atoms with Crippen LogP contribution in [-0.2, 0) is 14.3 Å². The molecule has 2 aliphatic rings.